The molecule has 1 amide bonds. The highest BCUT2D eigenvalue weighted by atomic mass is 79.9. The standard InChI is InChI=1S/C24H34BrN3O5/c1-16(2)32-13-12-31-15-24(30)9-11-26-14-20(24)22-21(25)23(33-28-22)19-7-5-4-6-18(19)8-10-27-17(3)29/h4-7,16,20,26,30H,8-15H2,1-3H3,(H,27,29)/t20-,24+/m1/s1. The normalized spacial score (nSPS) is 20.8. The lowest BCUT2D eigenvalue weighted by molar-refractivity contribution is -0.118. The number of hydrogen-bond acceptors (Lipinski definition) is 7. The third-order valence-electron chi connectivity index (χ3n) is 5.78. The molecule has 33 heavy (non-hydrogen) atoms. The van der Waals surface area contributed by atoms with E-state index >= 15 is 0 Å². The van der Waals surface area contributed by atoms with E-state index < -0.39 is 5.60 Å². The number of benzene rings is 1. The van der Waals surface area contributed by atoms with E-state index in [4.69, 9.17) is 14.0 Å². The maximum Gasteiger partial charge on any atom is 0.216 e. The molecular formula is C24H34BrN3O5. The van der Waals surface area contributed by atoms with Crippen LogP contribution in [-0.4, -0.2) is 67.3 Å². The lowest BCUT2D eigenvalue weighted by Crippen LogP contribution is -2.52. The van der Waals surface area contributed by atoms with E-state index in [1.54, 1.807) is 0 Å². The van der Waals surface area contributed by atoms with Gasteiger partial charge < -0.3 is 29.7 Å². The summed E-state index contributed by atoms with van der Waals surface area (Å²) in [6, 6.07) is 7.89. The Morgan fingerprint density at radius 1 is 1.39 bits per heavy atom. The van der Waals surface area contributed by atoms with Crippen molar-refractivity contribution in [3.63, 3.8) is 0 Å². The molecule has 1 saturated heterocycles. The van der Waals surface area contributed by atoms with Gasteiger partial charge in [-0.2, -0.15) is 0 Å². The van der Waals surface area contributed by atoms with Crippen molar-refractivity contribution in [2.24, 2.45) is 0 Å². The number of carbonyl (C=O) groups excluding carboxylic acids is 1. The van der Waals surface area contributed by atoms with E-state index in [2.05, 4.69) is 31.7 Å². The van der Waals surface area contributed by atoms with Gasteiger partial charge in [0.1, 0.15) is 5.69 Å². The smallest absolute Gasteiger partial charge is 0.216 e. The minimum atomic E-state index is -1.06. The van der Waals surface area contributed by atoms with Crippen LogP contribution < -0.4 is 10.6 Å². The predicted molar refractivity (Wildman–Crippen MR) is 129 cm³/mol. The third kappa shape index (κ3) is 6.86. The van der Waals surface area contributed by atoms with Gasteiger partial charge in [0.2, 0.25) is 5.91 Å². The first kappa shape index (κ1) is 25.8. The fourth-order valence-electron chi connectivity index (χ4n) is 4.04. The van der Waals surface area contributed by atoms with E-state index in [-0.39, 0.29) is 24.5 Å². The molecule has 2 atom stereocenters. The molecule has 0 radical (unpaired) electrons. The molecule has 3 rings (SSSR count). The maximum absolute atomic E-state index is 11.5. The Labute approximate surface area is 203 Å². The lowest BCUT2D eigenvalue weighted by atomic mass is 9.80. The largest absolute Gasteiger partial charge is 0.387 e. The molecule has 0 saturated carbocycles. The summed E-state index contributed by atoms with van der Waals surface area (Å²) in [5.74, 6) is 0.260. The van der Waals surface area contributed by atoms with Crippen molar-refractivity contribution in [3.8, 4) is 11.3 Å². The molecule has 182 valence electrons. The predicted octanol–water partition coefficient (Wildman–Crippen LogP) is 3.03. The van der Waals surface area contributed by atoms with Crippen LogP contribution in [0.25, 0.3) is 11.3 Å². The number of ether oxygens (including phenoxy) is 2. The summed E-state index contributed by atoms with van der Waals surface area (Å²) in [5, 5.41) is 22.0. The van der Waals surface area contributed by atoms with Crippen LogP contribution in [0.1, 0.15) is 44.4 Å². The summed E-state index contributed by atoms with van der Waals surface area (Å²) < 4.78 is 17.8. The van der Waals surface area contributed by atoms with Gasteiger partial charge in [0.15, 0.2) is 5.76 Å². The number of amides is 1. The second-order valence-corrected chi connectivity index (χ2v) is 9.48. The maximum atomic E-state index is 11.5. The Morgan fingerprint density at radius 2 is 2.18 bits per heavy atom. The molecule has 0 bridgehead atoms. The summed E-state index contributed by atoms with van der Waals surface area (Å²) in [5.41, 5.74) is 1.55. The number of aliphatic hydroxyl groups is 1. The first-order valence-electron chi connectivity index (χ1n) is 11.4. The number of hydrogen-bond donors (Lipinski definition) is 3. The first-order chi connectivity index (χ1) is 15.8. The van der Waals surface area contributed by atoms with Crippen LogP contribution in [0.3, 0.4) is 0 Å². The molecule has 1 aliphatic heterocycles. The average molecular weight is 524 g/mol. The quantitative estimate of drug-likeness (QED) is 0.388. The first-order valence-corrected chi connectivity index (χ1v) is 12.2. The topological polar surface area (TPSA) is 106 Å². The molecule has 8 nitrogen and oxygen atoms in total. The zero-order valence-electron chi connectivity index (χ0n) is 19.5. The fourth-order valence-corrected chi connectivity index (χ4v) is 4.67. The molecule has 1 aliphatic rings. The van der Waals surface area contributed by atoms with Gasteiger partial charge in [-0.05, 0) is 54.7 Å². The van der Waals surface area contributed by atoms with Gasteiger partial charge in [0, 0.05) is 31.5 Å². The average Bonchev–Trinajstić information content (AvgIpc) is 3.14. The summed E-state index contributed by atoms with van der Waals surface area (Å²) in [6.07, 6.45) is 1.36. The number of piperidine rings is 1. The van der Waals surface area contributed by atoms with E-state index in [0.29, 0.717) is 57.1 Å². The minimum Gasteiger partial charge on any atom is -0.387 e. The number of carbonyl (C=O) groups is 1. The molecule has 3 N–H and O–H groups in total. The molecule has 0 unspecified atom stereocenters. The molecule has 1 fully saturated rings. The van der Waals surface area contributed by atoms with Crippen molar-refractivity contribution in [1.82, 2.24) is 15.8 Å². The Hall–Kier alpha value is -1.78. The van der Waals surface area contributed by atoms with Crippen LogP contribution in [0.15, 0.2) is 33.3 Å². The van der Waals surface area contributed by atoms with Gasteiger partial charge in [-0.3, -0.25) is 4.79 Å². The Kier molecular flexibility index (Phi) is 9.46. The van der Waals surface area contributed by atoms with Crippen molar-refractivity contribution >= 4 is 21.8 Å². The van der Waals surface area contributed by atoms with E-state index in [1.807, 2.05) is 38.1 Å². The van der Waals surface area contributed by atoms with Crippen LogP contribution >= 0.6 is 15.9 Å². The number of halogens is 1. The van der Waals surface area contributed by atoms with E-state index in [9.17, 15) is 9.90 Å². The Morgan fingerprint density at radius 3 is 2.94 bits per heavy atom. The van der Waals surface area contributed by atoms with Gasteiger partial charge in [-0.15, -0.1) is 0 Å². The number of nitrogens with one attached hydrogen (secondary N) is 2. The summed E-state index contributed by atoms with van der Waals surface area (Å²) in [7, 11) is 0. The van der Waals surface area contributed by atoms with Crippen molar-refractivity contribution < 1.29 is 23.9 Å². The summed E-state index contributed by atoms with van der Waals surface area (Å²) in [4.78, 5) is 11.2. The second-order valence-electron chi connectivity index (χ2n) is 8.68. The molecule has 1 aromatic carbocycles. The number of nitrogens with zero attached hydrogens (tertiary/aromatic N) is 1. The van der Waals surface area contributed by atoms with E-state index in [1.165, 1.54) is 6.92 Å². The van der Waals surface area contributed by atoms with Gasteiger partial charge in [0.05, 0.1) is 36.0 Å². The van der Waals surface area contributed by atoms with E-state index in [0.717, 1.165) is 15.6 Å². The highest BCUT2D eigenvalue weighted by Crippen LogP contribution is 2.41. The zero-order valence-corrected chi connectivity index (χ0v) is 21.1. The van der Waals surface area contributed by atoms with Crippen LogP contribution in [0.2, 0.25) is 0 Å². The number of aromatic nitrogens is 1. The molecular weight excluding hydrogens is 490 g/mol. The fraction of sp³-hybridized carbons (Fsp3) is 0.583. The van der Waals surface area contributed by atoms with Crippen LogP contribution in [0.5, 0.6) is 0 Å². The van der Waals surface area contributed by atoms with Gasteiger partial charge >= 0.3 is 0 Å². The third-order valence-corrected chi connectivity index (χ3v) is 6.55. The van der Waals surface area contributed by atoms with Crippen LogP contribution in [0, 0.1) is 0 Å². The monoisotopic (exact) mass is 523 g/mol. The molecule has 0 aliphatic carbocycles. The van der Waals surface area contributed by atoms with Crippen molar-refractivity contribution in [2.75, 3.05) is 39.5 Å². The minimum absolute atomic E-state index is 0.0577. The van der Waals surface area contributed by atoms with Crippen LogP contribution in [-0.2, 0) is 20.7 Å². The molecule has 0 spiro atoms. The zero-order chi connectivity index (χ0) is 23.8. The van der Waals surface area contributed by atoms with Crippen LogP contribution in [0.4, 0.5) is 0 Å². The highest BCUT2D eigenvalue weighted by Gasteiger charge is 2.43. The van der Waals surface area contributed by atoms with Gasteiger partial charge in [-0.25, -0.2) is 0 Å². The SMILES string of the molecule is CC(=O)NCCc1ccccc1-c1onc([C@H]2CNCC[C@]2(O)COCCOC(C)C)c1Br. The molecule has 2 heterocycles. The van der Waals surface area contributed by atoms with Crippen molar-refractivity contribution in [2.45, 2.75) is 51.2 Å². The molecule has 1 aromatic heterocycles. The highest BCUT2D eigenvalue weighted by molar-refractivity contribution is 9.10. The number of rotatable bonds is 11. The summed E-state index contributed by atoms with van der Waals surface area (Å²) in [6.45, 7) is 8.38. The Balaban J connectivity index is 1.77. The summed E-state index contributed by atoms with van der Waals surface area (Å²) >= 11 is 3.68. The Bertz CT molecular complexity index is 919. The second kappa shape index (κ2) is 12.1. The lowest BCUT2D eigenvalue weighted by Gasteiger charge is -2.39. The molecule has 2 aromatic rings. The van der Waals surface area contributed by atoms with Gasteiger partial charge in [-0.1, -0.05) is 29.4 Å². The van der Waals surface area contributed by atoms with Crippen molar-refractivity contribution in [3.05, 3.63) is 40.0 Å². The molecule has 9 heteroatoms. The van der Waals surface area contributed by atoms with Crippen molar-refractivity contribution in [1.29, 1.82) is 0 Å². The van der Waals surface area contributed by atoms with Gasteiger partial charge in [0.25, 0.3) is 0 Å².